The van der Waals surface area contributed by atoms with Gasteiger partial charge in [-0.25, -0.2) is 4.79 Å². The molecule has 1 unspecified atom stereocenters. The van der Waals surface area contributed by atoms with Crippen molar-refractivity contribution in [3.05, 3.63) is 0 Å². The molecule has 1 rings (SSSR count). The Kier molecular flexibility index (Phi) is 3.04. The van der Waals surface area contributed by atoms with Crippen LogP contribution in [0.25, 0.3) is 0 Å². The van der Waals surface area contributed by atoms with Crippen LogP contribution in [0, 0.1) is 5.92 Å². The van der Waals surface area contributed by atoms with E-state index in [0.29, 0.717) is 12.5 Å². The van der Waals surface area contributed by atoms with Crippen LogP contribution in [0.15, 0.2) is 0 Å². The number of rotatable bonds is 1. The van der Waals surface area contributed by atoms with E-state index < -0.39 is 0 Å². The summed E-state index contributed by atoms with van der Waals surface area (Å²) in [5, 5.41) is 0. The predicted octanol–water partition coefficient (Wildman–Crippen LogP) is 0.727. The van der Waals surface area contributed by atoms with E-state index in [2.05, 4.69) is 20.8 Å². The first kappa shape index (κ1) is 11.3. The van der Waals surface area contributed by atoms with E-state index in [1.165, 1.54) is 0 Å². The van der Waals surface area contributed by atoms with Crippen molar-refractivity contribution in [2.75, 3.05) is 26.7 Å². The smallest absolute Gasteiger partial charge is 0.320 e. The first-order chi connectivity index (χ1) is 6.36. The van der Waals surface area contributed by atoms with Crippen molar-refractivity contribution in [1.29, 1.82) is 0 Å². The highest BCUT2D eigenvalue weighted by molar-refractivity contribution is 5.75. The van der Waals surface area contributed by atoms with E-state index in [0.717, 1.165) is 13.1 Å². The van der Waals surface area contributed by atoms with Crippen LogP contribution in [0.1, 0.15) is 20.8 Å². The third-order valence-electron chi connectivity index (χ3n) is 2.67. The van der Waals surface area contributed by atoms with Crippen LogP contribution in [-0.2, 0) is 0 Å². The maximum Gasteiger partial charge on any atom is 0.320 e. The molecule has 4 heteroatoms. The average Bonchev–Trinajstić information content (AvgIpc) is 2.07. The molecule has 2 amide bonds. The third-order valence-corrected chi connectivity index (χ3v) is 2.67. The zero-order valence-corrected chi connectivity index (χ0v) is 9.58. The molecule has 0 aliphatic carbocycles. The highest BCUT2D eigenvalue weighted by atomic mass is 16.2. The third kappa shape index (κ3) is 2.18. The van der Waals surface area contributed by atoms with Gasteiger partial charge in [0.2, 0.25) is 0 Å². The number of amides is 2. The van der Waals surface area contributed by atoms with E-state index in [1.807, 2.05) is 11.9 Å². The fourth-order valence-corrected chi connectivity index (χ4v) is 1.78. The van der Waals surface area contributed by atoms with Gasteiger partial charge in [0.05, 0.1) is 0 Å². The van der Waals surface area contributed by atoms with E-state index in [-0.39, 0.29) is 11.6 Å². The Morgan fingerprint density at radius 1 is 1.43 bits per heavy atom. The second-order valence-electron chi connectivity index (χ2n) is 5.05. The minimum atomic E-state index is -0.112. The summed E-state index contributed by atoms with van der Waals surface area (Å²) >= 11 is 0. The normalized spacial score (nSPS) is 24.4. The molecule has 0 spiro atoms. The molecular weight excluding hydrogens is 178 g/mol. The summed E-state index contributed by atoms with van der Waals surface area (Å²) in [6, 6.07) is 0.113. The van der Waals surface area contributed by atoms with Crippen molar-refractivity contribution >= 4 is 6.03 Å². The fraction of sp³-hybridized carbons (Fsp3) is 0.900. The number of nitrogens with two attached hydrogens (primary N) is 1. The topological polar surface area (TPSA) is 49.6 Å². The Hall–Kier alpha value is -0.770. The Morgan fingerprint density at radius 2 is 2.00 bits per heavy atom. The van der Waals surface area contributed by atoms with Crippen molar-refractivity contribution in [3.63, 3.8) is 0 Å². The first-order valence-corrected chi connectivity index (χ1v) is 5.09. The summed E-state index contributed by atoms with van der Waals surface area (Å²) in [6.07, 6.45) is 0. The molecule has 0 radical (unpaired) electrons. The molecule has 1 fully saturated rings. The highest BCUT2D eigenvalue weighted by Gasteiger charge is 2.35. The molecule has 1 aliphatic rings. The standard InChI is InChI=1S/C10H21N3O/c1-10(2,3)13-7-8(5-11)6-12(4)9(13)14/h8H,5-7,11H2,1-4H3. The van der Waals surface area contributed by atoms with E-state index >= 15 is 0 Å². The first-order valence-electron chi connectivity index (χ1n) is 5.09. The summed E-state index contributed by atoms with van der Waals surface area (Å²) < 4.78 is 0. The van der Waals surface area contributed by atoms with Gasteiger partial charge in [-0.1, -0.05) is 0 Å². The van der Waals surface area contributed by atoms with Crippen LogP contribution >= 0.6 is 0 Å². The number of nitrogens with zero attached hydrogens (tertiary/aromatic N) is 2. The van der Waals surface area contributed by atoms with Gasteiger partial charge in [-0.05, 0) is 27.3 Å². The fourth-order valence-electron chi connectivity index (χ4n) is 1.78. The van der Waals surface area contributed by atoms with Gasteiger partial charge in [0, 0.05) is 31.6 Å². The number of carbonyl (C=O) groups excluding carboxylic acids is 1. The molecule has 1 saturated heterocycles. The van der Waals surface area contributed by atoms with Crippen molar-refractivity contribution in [1.82, 2.24) is 9.80 Å². The molecule has 1 aliphatic heterocycles. The summed E-state index contributed by atoms with van der Waals surface area (Å²) in [5.74, 6) is 0.400. The maximum atomic E-state index is 11.8. The number of carbonyl (C=O) groups is 1. The lowest BCUT2D eigenvalue weighted by Gasteiger charge is -2.44. The summed E-state index contributed by atoms with van der Waals surface area (Å²) in [5.41, 5.74) is 5.54. The molecule has 1 heterocycles. The molecule has 82 valence electrons. The average molecular weight is 199 g/mol. The molecule has 2 N–H and O–H groups in total. The van der Waals surface area contributed by atoms with Gasteiger partial charge < -0.3 is 15.5 Å². The van der Waals surface area contributed by atoms with Gasteiger partial charge >= 0.3 is 6.03 Å². The Labute approximate surface area is 86.0 Å². The lowest BCUT2D eigenvalue weighted by atomic mass is 10.00. The molecule has 0 aromatic carbocycles. The van der Waals surface area contributed by atoms with Gasteiger partial charge in [-0.2, -0.15) is 0 Å². The molecular formula is C10H21N3O. The second kappa shape index (κ2) is 3.77. The van der Waals surface area contributed by atoms with Crippen LogP contribution in [0.2, 0.25) is 0 Å². The molecule has 4 nitrogen and oxygen atoms in total. The van der Waals surface area contributed by atoms with Crippen molar-refractivity contribution in [2.24, 2.45) is 11.7 Å². The minimum absolute atomic E-state index is 0.112. The van der Waals surface area contributed by atoms with Gasteiger partial charge in [0.1, 0.15) is 0 Å². The van der Waals surface area contributed by atoms with Gasteiger partial charge in [0.15, 0.2) is 0 Å². The van der Waals surface area contributed by atoms with Crippen molar-refractivity contribution in [2.45, 2.75) is 26.3 Å². The molecule has 1 atom stereocenters. The van der Waals surface area contributed by atoms with Gasteiger partial charge in [-0.3, -0.25) is 0 Å². The number of hydrogen-bond acceptors (Lipinski definition) is 2. The van der Waals surface area contributed by atoms with Crippen molar-refractivity contribution in [3.8, 4) is 0 Å². The summed E-state index contributed by atoms with van der Waals surface area (Å²) in [4.78, 5) is 15.5. The van der Waals surface area contributed by atoms with Gasteiger partial charge in [0.25, 0.3) is 0 Å². The summed E-state index contributed by atoms with van der Waals surface area (Å²) in [6.45, 7) is 8.36. The molecule has 0 bridgehead atoms. The van der Waals surface area contributed by atoms with Crippen LogP contribution in [0.4, 0.5) is 4.79 Å². The quantitative estimate of drug-likeness (QED) is 0.676. The zero-order valence-electron chi connectivity index (χ0n) is 9.58. The Bertz CT molecular complexity index is 222. The van der Waals surface area contributed by atoms with Crippen LogP contribution < -0.4 is 5.73 Å². The maximum absolute atomic E-state index is 11.8. The molecule has 0 saturated carbocycles. The Morgan fingerprint density at radius 3 is 2.43 bits per heavy atom. The predicted molar refractivity (Wildman–Crippen MR) is 57.0 cm³/mol. The molecule has 0 aromatic rings. The lowest BCUT2D eigenvalue weighted by molar-refractivity contribution is 0.0706. The van der Waals surface area contributed by atoms with Gasteiger partial charge in [-0.15, -0.1) is 0 Å². The minimum Gasteiger partial charge on any atom is -0.330 e. The number of hydrogen-bond donors (Lipinski definition) is 1. The molecule has 14 heavy (non-hydrogen) atoms. The highest BCUT2D eigenvalue weighted by Crippen LogP contribution is 2.21. The summed E-state index contributed by atoms with van der Waals surface area (Å²) in [7, 11) is 1.84. The lowest BCUT2D eigenvalue weighted by Crippen LogP contribution is -2.59. The van der Waals surface area contributed by atoms with E-state index in [9.17, 15) is 4.79 Å². The van der Waals surface area contributed by atoms with E-state index in [4.69, 9.17) is 5.73 Å². The molecule has 0 aromatic heterocycles. The zero-order chi connectivity index (χ0) is 10.9. The van der Waals surface area contributed by atoms with Crippen LogP contribution in [0.3, 0.4) is 0 Å². The Balaban J connectivity index is 2.78. The second-order valence-corrected chi connectivity index (χ2v) is 5.05. The van der Waals surface area contributed by atoms with E-state index in [1.54, 1.807) is 4.90 Å². The van der Waals surface area contributed by atoms with Crippen LogP contribution in [0.5, 0.6) is 0 Å². The van der Waals surface area contributed by atoms with Crippen LogP contribution in [-0.4, -0.2) is 48.1 Å². The largest absolute Gasteiger partial charge is 0.330 e. The monoisotopic (exact) mass is 199 g/mol. The SMILES string of the molecule is CN1CC(CN)CN(C(C)(C)C)C1=O. The van der Waals surface area contributed by atoms with Crippen molar-refractivity contribution < 1.29 is 4.79 Å². The number of urea groups is 1.